The molecule has 17 heavy (non-hydrogen) atoms. The number of ether oxygens (including phenoxy) is 1. The number of piperidine rings is 1. The average Bonchev–Trinajstić information content (AvgIpc) is 3.22. The van der Waals surface area contributed by atoms with Crippen molar-refractivity contribution >= 4 is 5.82 Å². The molecule has 2 fully saturated rings. The lowest BCUT2D eigenvalue weighted by molar-refractivity contribution is 0.0367. The summed E-state index contributed by atoms with van der Waals surface area (Å²) in [6, 6.07) is 6.11. The number of hydrogen-bond donors (Lipinski definition) is 0. The molecule has 2 heterocycles. The van der Waals surface area contributed by atoms with Gasteiger partial charge in [0, 0.05) is 25.9 Å². The molecule has 0 spiro atoms. The number of pyridine rings is 1. The van der Waals surface area contributed by atoms with Gasteiger partial charge in [-0.15, -0.1) is 0 Å². The molecule has 0 aromatic carbocycles. The number of nitrogens with zero attached hydrogens (tertiary/aromatic N) is 2. The second kappa shape index (κ2) is 5.05. The van der Waals surface area contributed by atoms with E-state index in [0.29, 0.717) is 6.10 Å². The van der Waals surface area contributed by atoms with Crippen LogP contribution in [0, 0.1) is 5.92 Å². The summed E-state index contributed by atoms with van der Waals surface area (Å²) in [6.07, 6.45) is 7.44. The lowest BCUT2D eigenvalue weighted by Gasteiger charge is -2.33. The highest BCUT2D eigenvalue weighted by molar-refractivity contribution is 5.38. The fourth-order valence-corrected chi connectivity index (χ4v) is 2.38. The molecule has 3 heteroatoms. The van der Waals surface area contributed by atoms with Gasteiger partial charge in [0.1, 0.15) is 5.82 Å². The van der Waals surface area contributed by atoms with Crippen LogP contribution < -0.4 is 4.90 Å². The van der Waals surface area contributed by atoms with Crippen LogP contribution in [-0.4, -0.2) is 30.8 Å². The van der Waals surface area contributed by atoms with Gasteiger partial charge in [0.2, 0.25) is 0 Å². The second-order valence-corrected chi connectivity index (χ2v) is 5.17. The Bertz CT molecular complexity index is 350. The minimum atomic E-state index is 0.409. The van der Waals surface area contributed by atoms with E-state index in [0.717, 1.165) is 31.4 Å². The molecule has 1 aliphatic heterocycles. The molecule has 1 atom stereocenters. The van der Waals surface area contributed by atoms with Crippen molar-refractivity contribution in [1.29, 1.82) is 0 Å². The van der Waals surface area contributed by atoms with Crippen molar-refractivity contribution in [3.8, 4) is 0 Å². The van der Waals surface area contributed by atoms with E-state index in [1.165, 1.54) is 25.7 Å². The molecule has 1 saturated heterocycles. The maximum Gasteiger partial charge on any atom is 0.128 e. The monoisotopic (exact) mass is 232 g/mol. The van der Waals surface area contributed by atoms with Gasteiger partial charge < -0.3 is 9.64 Å². The highest BCUT2D eigenvalue weighted by atomic mass is 16.5. The molecule has 0 bridgehead atoms. The van der Waals surface area contributed by atoms with Gasteiger partial charge in [-0.3, -0.25) is 0 Å². The van der Waals surface area contributed by atoms with Gasteiger partial charge in [0.25, 0.3) is 0 Å². The first-order valence-electron chi connectivity index (χ1n) is 6.69. The Morgan fingerprint density at radius 2 is 2.24 bits per heavy atom. The Hall–Kier alpha value is -1.09. The van der Waals surface area contributed by atoms with Gasteiger partial charge in [-0.1, -0.05) is 6.07 Å². The van der Waals surface area contributed by atoms with E-state index in [4.69, 9.17) is 4.74 Å². The molecular formula is C14H20N2O. The lowest BCUT2D eigenvalue weighted by Crippen LogP contribution is -2.40. The van der Waals surface area contributed by atoms with Crippen LogP contribution in [0.25, 0.3) is 0 Å². The number of rotatable bonds is 4. The van der Waals surface area contributed by atoms with Crippen LogP contribution >= 0.6 is 0 Å². The molecule has 3 rings (SSSR count). The Balaban J connectivity index is 1.55. The van der Waals surface area contributed by atoms with Gasteiger partial charge >= 0.3 is 0 Å². The van der Waals surface area contributed by atoms with E-state index < -0.39 is 0 Å². The largest absolute Gasteiger partial charge is 0.376 e. The number of anilines is 1. The quantitative estimate of drug-likeness (QED) is 0.797. The molecule has 0 radical (unpaired) electrons. The number of aromatic nitrogens is 1. The van der Waals surface area contributed by atoms with E-state index in [9.17, 15) is 0 Å². The molecular weight excluding hydrogens is 212 g/mol. The molecule has 0 unspecified atom stereocenters. The SMILES string of the molecule is c1ccc(N2CCC[C@@H](OCC3CC3)C2)nc1. The van der Waals surface area contributed by atoms with E-state index in [-0.39, 0.29) is 0 Å². The third-order valence-corrected chi connectivity index (χ3v) is 3.62. The highest BCUT2D eigenvalue weighted by Gasteiger charge is 2.26. The fourth-order valence-electron chi connectivity index (χ4n) is 2.38. The first kappa shape index (κ1) is 11.0. The first-order chi connectivity index (χ1) is 8.42. The highest BCUT2D eigenvalue weighted by Crippen LogP contribution is 2.30. The Morgan fingerprint density at radius 3 is 3.00 bits per heavy atom. The summed E-state index contributed by atoms with van der Waals surface area (Å²) >= 11 is 0. The lowest BCUT2D eigenvalue weighted by atomic mass is 10.1. The molecule has 1 aliphatic carbocycles. The summed E-state index contributed by atoms with van der Waals surface area (Å²) in [5, 5.41) is 0. The predicted octanol–water partition coefficient (Wildman–Crippen LogP) is 2.48. The fraction of sp³-hybridized carbons (Fsp3) is 0.643. The number of hydrogen-bond acceptors (Lipinski definition) is 3. The van der Waals surface area contributed by atoms with Crippen molar-refractivity contribution in [2.24, 2.45) is 5.92 Å². The van der Waals surface area contributed by atoms with Gasteiger partial charge in [-0.2, -0.15) is 0 Å². The van der Waals surface area contributed by atoms with E-state index in [1.807, 2.05) is 12.3 Å². The second-order valence-electron chi connectivity index (χ2n) is 5.17. The zero-order chi connectivity index (χ0) is 11.5. The Kier molecular flexibility index (Phi) is 3.27. The van der Waals surface area contributed by atoms with E-state index in [2.05, 4.69) is 22.0 Å². The zero-order valence-electron chi connectivity index (χ0n) is 10.2. The van der Waals surface area contributed by atoms with Crippen LogP contribution in [0.2, 0.25) is 0 Å². The molecule has 92 valence electrons. The van der Waals surface area contributed by atoms with Gasteiger partial charge in [0.05, 0.1) is 6.10 Å². The molecule has 3 nitrogen and oxygen atoms in total. The normalized spacial score (nSPS) is 24.9. The van der Waals surface area contributed by atoms with Crippen molar-refractivity contribution in [2.45, 2.75) is 31.8 Å². The van der Waals surface area contributed by atoms with Crippen molar-refractivity contribution in [2.75, 3.05) is 24.6 Å². The summed E-state index contributed by atoms with van der Waals surface area (Å²) in [7, 11) is 0. The van der Waals surface area contributed by atoms with Crippen LogP contribution in [-0.2, 0) is 4.74 Å². The summed E-state index contributed by atoms with van der Waals surface area (Å²) < 4.78 is 5.99. The molecule has 1 saturated carbocycles. The maximum absolute atomic E-state index is 5.99. The molecule has 0 N–H and O–H groups in total. The van der Waals surface area contributed by atoms with Crippen LogP contribution in [0.5, 0.6) is 0 Å². The van der Waals surface area contributed by atoms with Crippen molar-refractivity contribution in [3.05, 3.63) is 24.4 Å². The first-order valence-corrected chi connectivity index (χ1v) is 6.69. The maximum atomic E-state index is 5.99. The van der Waals surface area contributed by atoms with Crippen LogP contribution in [0.4, 0.5) is 5.82 Å². The van der Waals surface area contributed by atoms with Gasteiger partial charge in [-0.05, 0) is 43.7 Å². The minimum Gasteiger partial charge on any atom is -0.376 e. The average molecular weight is 232 g/mol. The molecule has 1 aromatic rings. The smallest absolute Gasteiger partial charge is 0.128 e. The summed E-state index contributed by atoms with van der Waals surface area (Å²) in [5.74, 6) is 1.95. The molecule has 2 aliphatic rings. The Labute approximate surface area is 103 Å². The van der Waals surface area contributed by atoms with E-state index >= 15 is 0 Å². The van der Waals surface area contributed by atoms with Crippen molar-refractivity contribution in [1.82, 2.24) is 4.98 Å². The summed E-state index contributed by atoms with van der Waals surface area (Å²) in [4.78, 5) is 6.76. The standard InChI is InChI=1S/C14H20N2O/c1-2-8-15-14(5-1)16-9-3-4-13(10-16)17-11-12-6-7-12/h1-2,5,8,12-13H,3-4,6-7,9-11H2/t13-/m1/s1. The van der Waals surface area contributed by atoms with Crippen LogP contribution in [0.15, 0.2) is 24.4 Å². The van der Waals surface area contributed by atoms with Gasteiger partial charge in [-0.25, -0.2) is 4.98 Å². The van der Waals surface area contributed by atoms with Crippen molar-refractivity contribution < 1.29 is 4.74 Å². The van der Waals surface area contributed by atoms with Crippen LogP contribution in [0.3, 0.4) is 0 Å². The van der Waals surface area contributed by atoms with Gasteiger partial charge in [0.15, 0.2) is 0 Å². The summed E-state index contributed by atoms with van der Waals surface area (Å²) in [5.41, 5.74) is 0. The van der Waals surface area contributed by atoms with Crippen molar-refractivity contribution in [3.63, 3.8) is 0 Å². The van der Waals surface area contributed by atoms with E-state index in [1.54, 1.807) is 0 Å². The minimum absolute atomic E-state index is 0.409. The molecule has 0 amide bonds. The third-order valence-electron chi connectivity index (χ3n) is 3.62. The van der Waals surface area contributed by atoms with Crippen LogP contribution in [0.1, 0.15) is 25.7 Å². The summed E-state index contributed by atoms with van der Waals surface area (Å²) in [6.45, 7) is 3.09. The molecule has 1 aromatic heterocycles. The predicted molar refractivity (Wildman–Crippen MR) is 68.1 cm³/mol. The third kappa shape index (κ3) is 2.97. The zero-order valence-corrected chi connectivity index (χ0v) is 10.2. The topological polar surface area (TPSA) is 25.4 Å². The Morgan fingerprint density at radius 1 is 1.29 bits per heavy atom.